The van der Waals surface area contributed by atoms with E-state index in [2.05, 4.69) is 25.2 Å². The van der Waals surface area contributed by atoms with Crippen molar-refractivity contribution in [1.82, 2.24) is 15.0 Å². The second kappa shape index (κ2) is 6.62. The van der Waals surface area contributed by atoms with Crippen molar-refractivity contribution in [3.8, 4) is 0 Å². The fourth-order valence-corrected chi connectivity index (χ4v) is 2.70. The first kappa shape index (κ1) is 13.3. The van der Waals surface area contributed by atoms with Crippen LogP contribution in [0.2, 0.25) is 0 Å². The summed E-state index contributed by atoms with van der Waals surface area (Å²) >= 11 is 1.68. The highest BCUT2D eigenvalue weighted by Gasteiger charge is 2.12. The first-order chi connectivity index (χ1) is 9.92. The van der Waals surface area contributed by atoms with E-state index >= 15 is 0 Å². The molecule has 0 bridgehead atoms. The molecule has 0 spiro atoms. The van der Waals surface area contributed by atoms with Crippen LogP contribution in [0.5, 0.6) is 0 Å². The van der Waals surface area contributed by atoms with Gasteiger partial charge in [0.15, 0.2) is 0 Å². The first-order valence-electron chi connectivity index (χ1n) is 6.69. The molecule has 0 atom stereocenters. The molecular formula is C13H17N5OS. The van der Waals surface area contributed by atoms with E-state index in [9.17, 15) is 0 Å². The van der Waals surface area contributed by atoms with Crippen LogP contribution in [0.3, 0.4) is 0 Å². The predicted molar refractivity (Wildman–Crippen MR) is 79.4 cm³/mol. The summed E-state index contributed by atoms with van der Waals surface area (Å²) in [4.78, 5) is 15.1. The van der Waals surface area contributed by atoms with Gasteiger partial charge in [-0.2, -0.15) is 0 Å². The van der Waals surface area contributed by atoms with E-state index in [0.717, 1.165) is 55.9 Å². The van der Waals surface area contributed by atoms with E-state index in [4.69, 9.17) is 4.74 Å². The van der Waals surface area contributed by atoms with Gasteiger partial charge in [0.25, 0.3) is 0 Å². The fourth-order valence-electron chi connectivity index (χ4n) is 2.08. The minimum Gasteiger partial charge on any atom is -0.378 e. The third-order valence-corrected chi connectivity index (χ3v) is 3.96. The smallest absolute Gasteiger partial charge is 0.134 e. The van der Waals surface area contributed by atoms with E-state index in [-0.39, 0.29) is 0 Å². The van der Waals surface area contributed by atoms with Crippen molar-refractivity contribution in [2.75, 3.05) is 43.1 Å². The van der Waals surface area contributed by atoms with Gasteiger partial charge >= 0.3 is 0 Å². The molecule has 0 aliphatic carbocycles. The predicted octanol–water partition coefficient (Wildman–Crippen LogP) is 1.42. The first-order valence-corrected chi connectivity index (χ1v) is 7.57. The zero-order chi connectivity index (χ0) is 13.6. The third kappa shape index (κ3) is 3.43. The van der Waals surface area contributed by atoms with Gasteiger partial charge in [-0.15, -0.1) is 11.3 Å². The molecule has 0 amide bonds. The van der Waals surface area contributed by atoms with Crippen LogP contribution in [-0.4, -0.2) is 47.8 Å². The van der Waals surface area contributed by atoms with Crippen molar-refractivity contribution in [1.29, 1.82) is 0 Å². The molecule has 2 aromatic heterocycles. The van der Waals surface area contributed by atoms with E-state index in [1.807, 2.05) is 17.6 Å². The van der Waals surface area contributed by atoms with Crippen LogP contribution < -0.4 is 10.2 Å². The molecule has 0 aromatic carbocycles. The Balaban J connectivity index is 1.56. The standard InChI is InChI=1S/C13H17N5OS/c1(13-15-3-8-20-13)2-14-11-9-12(17-10-16-11)18-4-6-19-7-5-18/h3,8-10H,1-2,4-7H2,(H,14,16,17). The zero-order valence-corrected chi connectivity index (χ0v) is 12.0. The van der Waals surface area contributed by atoms with Crippen LogP contribution in [0.1, 0.15) is 5.01 Å². The number of nitrogens with one attached hydrogen (secondary N) is 1. The van der Waals surface area contributed by atoms with E-state index in [0.29, 0.717) is 0 Å². The summed E-state index contributed by atoms with van der Waals surface area (Å²) < 4.78 is 5.35. The van der Waals surface area contributed by atoms with Crippen LogP contribution in [0.25, 0.3) is 0 Å². The number of rotatable bonds is 5. The summed E-state index contributed by atoms with van der Waals surface area (Å²) in [6, 6.07) is 1.99. The normalized spacial score (nSPS) is 15.3. The summed E-state index contributed by atoms with van der Waals surface area (Å²) in [5.41, 5.74) is 0. The van der Waals surface area contributed by atoms with E-state index < -0.39 is 0 Å². The number of hydrogen-bond donors (Lipinski definition) is 1. The molecule has 106 valence electrons. The highest BCUT2D eigenvalue weighted by molar-refractivity contribution is 7.09. The van der Waals surface area contributed by atoms with Gasteiger partial charge < -0.3 is 15.0 Å². The summed E-state index contributed by atoms with van der Waals surface area (Å²) in [6.07, 6.45) is 4.35. The van der Waals surface area contributed by atoms with Gasteiger partial charge in [0, 0.05) is 43.7 Å². The lowest BCUT2D eigenvalue weighted by Crippen LogP contribution is -2.36. The molecule has 2 aromatic rings. The Morgan fingerprint density at radius 3 is 2.95 bits per heavy atom. The van der Waals surface area contributed by atoms with Gasteiger partial charge in [0.1, 0.15) is 18.0 Å². The maximum atomic E-state index is 5.35. The Hall–Kier alpha value is -1.73. The molecule has 1 saturated heterocycles. The van der Waals surface area contributed by atoms with Gasteiger partial charge in [0.05, 0.1) is 18.2 Å². The number of thiazole rings is 1. The highest BCUT2D eigenvalue weighted by Crippen LogP contribution is 2.15. The van der Waals surface area contributed by atoms with Crippen molar-refractivity contribution in [2.45, 2.75) is 6.42 Å². The summed E-state index contributed by atoms with van der Waals surface area (Å²) in [5.74, 6) is 1.82. The lowest BCUT2D eigenvalue weighted by molar-refractivity contribution is 0.122. The SMILES string of the molecule is c1nc(NCCc2nccs2)cc(N2CCOCC2)n1. The summed E-state index contributed by atoms with van der Waals surface area (Å²) in [7, 11) is 0. The second-order valence-corrected chi connectivity index (χ2v) is 5.44. The third-order valence-electron chi connectivity index (χ3n) is 3.12. The Bertz CT molecular complexity index is 527. The molecule has 3 heterocycles. The van der Waals surface area contributed by atoms with Crippen molar-refractivity contribution in [3.63, 3.8) is 0 Å². The van der Waals surface area contributed by atoms with E-state index in [1.165, 1.54) is 0 Å². The maximum Gasteiger partial charge on any atom is 0.134 e. The number of morpholine rings is 1. The summed E-state index contributed by atoms with van der Waals surface area (Å²) in [6.45, 7) is 4.12. The van der Waals surface area contributed by atoms with Crippen molar-refractivity contribution < 1.29 is 4.74 Å². The quantitative estimate of drug-likeness (QED) is 0.899. The molecule has 0 radical (unpaired) electrons. The molecule has 0 saturated carbocycles. The van der Waals surface area contributed by atoms with Crippen LogP contribution in [-0.2, 0) is 11.2 Å². The minimum atomic E-state index is 0.761. The molecule has 1 fully saturated rings. The Morgan fingerprint density at radius 2 is 2.15 bits per heavy atom. The van der Waals surface area contributed by atoms with Gasteiger partial charge in [0.2, 0.25) is 0 Å². The molecule has 7 heteroatoms. The van der Waals surface area contributed by atoms with E-state index in [1.54, 1.807) is 17.7 Å². The van der Waals surface area contributed by atoms with Crippen molar-refractivity contribution in [2.24, 2.45) is 0 Å². The van der Waals surface area contributed by atoms with Crippen LogP contribution in [0.15, 0.2) is 24.0 Å². The number of nitrogens with zero attached hydrogens (tertiary/aromatic N) is 4. The van der Waals surface area contributed by atoms with Gasteiger partial charge in [-0.25, -0.2) is 15.0 Å². The van der Waals surface area contributed by atoms with Crippen molar-refractivity contribution >= 4 is 23.0 Å². The number of aromatic nitrogens is 3. The molecule has 1 aliphatic heterocycles. The van der Waals surface area contributed by atoms with Crippen LogP contribution in [0.4, 0.5) is 11.6 Å². The van der Waals surface area contributed by atoms with Gasteiger partial charge in [-0.3, -0.25) is 0 Å². The van der Waals surface area contributed by atoms with Crippen LogP contribution in [0, 0.1) is 0 Å². The fraction of sp³-hybridized carbons (Fsp3) is 0.462. The molecule has 3 rings (SSSR count). The Morgan fingerprint density at radius 1 is 1.25 bits per heavy atom. The largest absolute Gasteiger partial charge is 0.378 e. The number of ether oxygens (including phenoxy) is 1. The lowest BCUT2D eigenvalue weighted by atomic mass is 10.4. The average molecular weight is 291 g/mol. The highest BCUT2D eigenvalue weighted by atomic mass is 32.1. The lowest BCUT2D eigenvalue weighted by Gasteiger charge is -2.27. The molecule has 0 unspecified atom stereocenters. The molecule has 1 aliphatic rings. The van der Waals surface area contributed by atoms with Crippen LogP contribution >= 0.6 is 11.3 Å². The number of anilines is 2. The topological polar surface area (TPSA) is 63.2 Å². The maximum absolute atomic E-state index is 5.35. The monoisotopic (exact) mass is 291 g/mol. The van der Waals surface area contributed by atoms with Gasteiger partial charge in [-0.05, 0) is 0 Å². The van der Waals surface area contributed by atoms with Crippen molar-refractivity contribution in [3.05, 3.63) is 29.0 Å². The second-order valence-electron chi connectivity index (χ2n) is 4.46. The summed E-state index contributed by atoms with van der Waals surface area (Å²) in [5, 5.41) is 6.46. The Labute approximate surface area is 121 Å². The number of hydrogen-bond acceptors (Lipinski definition) is 7. The Kier molecular flexibility index (Phi) is 4.39. The average Bonchev–Trinajstić information content (AvgIpc) is 3.02. The zero-order valence-electron chi connectivity index (χ0n) is 11.2. The molecular weight excluding hydrogens is 274 g/mol. The van der Waals surface area contributed by atoms with Gasteiger partial charge in [-0.1, -0.05) is 0 Å². The molecule has 6 nitrogen and oxygen atoms in total. The molecule has 20 heavy (non-hydrogen) atoms. The molecule has 1 N–H and O–H groups in total. The minimum absolute atomic E-state index is 0.761.